The van der Waals surface area contributed by atoms with Crippen molar-refractivity contribution >= 4 is 33.2 Å². The lowest BCUT2D eigenvalue weighted by atomic mass is 10.1. The Kier molecular flexibility index (Phi) is 5.69. The van der Waals surface area contributed by atoms with Crippen LogP contribution in [-0.4, -0.2) is 68.8 Å². The molecule has 0 N–H and O–H groups in total. The van der Waals surface area contributed by atoms with Gasteiger partial charge in [0, 0.05) is 58.4 Å². The summed E-state index contributed by atoms with van der Waals surface area (Å²) in [5.41, 5.74) is 1.27. The molecule has 1 aliphatic heterocycles. The first-order valence-corrected chi connectivity index (χ1v) is 10.3. The van der Waals surface area contributed by atoms with Crippen LogP contribution in [0.3, 0.4) is 0 Å². The van der Waals surface area contributed by atoms with Crippen molar-refractivity contribution in [3.05, 3.63) is 53.3 Å². The molecule has 0 unspecified atom stereocenters. The van der Waals surface area contributed by atoms with Crippen molar-refractivity contribution in [3.8, 4) is 0 Å². The molecule has 3 rings (SSSR count). The molecule has 1 aromatic carbocycles. The van der Waals surface area contributed by atoms with E-state index >= 15 is 0 Å². The maximum Gasteiger partial charge on any atom is 0.255 e. The molecule has 1 amide bonds. The predicted molar refractivity (Wildman–Crippen MR) is 105 cm³/mol. The number of halogens is 1. The van der Waals surface area contributed by atoms with Crippen molar-refractivity contribution in [2.75, 3.05) is 45.2 Å². The zero-order chi connectivity index (χ0) is 19.6. The topological polar surface area (TPSA) is 73.8 Å². The van der Waals surface area contributed by atoms with Gasteiger partial charge in [0.25, 0.3) is 5.91 Å². The van der Waals surface area contributed by atoms with Gasteiger partial charge in [-0.3, -0.25) is 9.78 Å². The summed E-state index contributed by atoms with van der Waals surface area (Å²) in [6, 6.07) is 8.09. The number of aromatic nitrogens is 1. The molecule has 1 aliphatic rings. The molecule has 1 aromatic heterocycles. The fraction of sp³-hybridized carbons (Fsp3) is 0.333. The van der Waals surface area contributed by atoms with Crippen molar-refractivity contribution in [1.82, 2.24) is 14.2 Å². The van der Waals surface area contributed by atoms with Gasteiger partial charge in [-0.2, -0.15) is 0 Å². The van der Waals surface area contributed by atoms with Gasteiger partial charge in [-0.05, 0) is 30.3 Å². The molecular weight excluding hydrogens is 388 g/mol. The molecule has 0 radical (unpaired) electrons. The normalized spacial score (nSPS) is 15.3. The van der Waals surface area contributed by atoms with Gasteiger partial charge < -0.3 is 9.80 Å². The maximum atomic E-state index is 12.9. The van der Waals surface area contributed by atoms with Gasteiger partial charge in [0.1, 0.15) is 0 Å². The highest BCUT2D eigenvalue weighted by atomic mass is 35.5. The van der Waals surface area contributed by atoms with Crippen molar-refractivity contribution in [2.24, 2.45) is 0 Å². The number of benzene rings is 1. The molecule has 0 aliphatic carbocycles. The Morgan fingerprint density at radius 1 is 1.07 bits per heavy atom. The molecule has 0 spiro atoms. The van der Waals surface area contributed by atoms with E-state index < -0.39 is 10.0 Å². The summed E-state index contributed by atoms with van der Waals surface area (Å²) in [6.45, 7) is 2.43. The van der Waals surface area contributed by atoms with Crippen LogP contribution < -0.4 is 4.90 Å². The highest BCUT2D eigenvalue weighted by Gasteiger charge is 2.26. The second-order valence-corrected chi connectivity index (χ2v) is 8.97. The first-order valence-electron chi connectivity index (χ1n) is 8.47. The maximum absolute atomic E-state index is 12.9. The van der Waals surface area contributed by atoms with E-state index in [9.17, 15) is 13.2 Å². The van der Waals surface area contributed by atoms with Crippen LogP contribution in [0.4, 0.5) is 5.69 Å². The molecule has 27 heavy (non-hydrogen) atoms. The highest BCUT2D eigenvalue weighted by Crippen LogP contribution is 2.24. The minimum atomic E-state index is -3.64. The van der Waals surface area contributed by atoms with E-state index in [2.05, 4.69) is 9.88 Å². The zero-order valence-electron chi connectivity index (χ0n) is 15.2. The number of hydrogen-bond acceptors (Lipinski definition) is 5. The van der Waals surface area contributed by atoms with E-state index in [1.165, 1.54) is 32.3 Å². The van der Waals surface area contributed by atoms with Crippen LogP contribution in [0.5, 0.6) is 0 Å². The number of amides is 1. The minimum Gasteiger partial charge on any atom is -0.368 e. The minimum absolute atomic E-state index is 0.0515. The van der Waals surface area contributed by atoms with Gasteiger partial charge in [-0.25, -0.2) is 12.7 Å². The Morgan fingerprint density at radius 3 is 2.30 bits per heavy atom. The second-order valence-electron chi connectivity index (χ2n) is 6.41. The van der Waals surface area contributed by atoms with Crippen molar-refractivity contribution in [1.29, 1.82) is 0 Å². The number of carbonyl (C=O) groups excluding carboxylic acids is 1. The molecule has 1 saturated heterocycles. The third-order valence-electron chi connectivity index (χ3n) is 4.54. The van der Waals surface area contributed by atoms with Crippen molar-refractivity contribution < 1.29 is 13.2 Å². The lowest BCUT2D eigenvalue weighted by Crippen LogP contribution is -2.48. The first kappa shape index (κ1) is 19.6. The summed E-state index contributed by atoms with van der Waals surface area (Å²) in [6.07, 6.45) is 3.48. The standard InChI is InChI=1S/C18H21ClN4O3S/c1-21(2)27(25,26)15-3-4-17(19)16(13-15)18(24)23-11-9-22(10-12-23)14-5-7-20-8-6-14/h3-8,13H,9-12H2,1-2H3. The Hall–Kier alpha value is -2.16. The van der Waals surface area contributed by atoms with E-state index in [0.717, 1.165) is 9.99 Å². The van der Waals surface area contributed by atoms with E-state index in [1.807, 2.05) is 12.1 Å². The summed E-state index contributed by atoms with van der Waals surface area (Å²) in [4.78, 5) is 20.9. The number of pyridine rings is 1. The number of carbonyl (C=O) groups is 1. The van der Waals surface area contributed by atoms with Gasteiger partial charge in [0.15, 0.2) is 0 Å². The predicted octanol–water partition coefficient (Wildman–Crippen LogP) is 1.95. The number of rotatable bonds is 4. The first-order chi connectivity index (χ1) is 12.8. The Labute approximate surface area is 164 Å². The number of nitrogens with zero attached hydrogens (tertiary/aromatic N) is 4. The summed E-state index contributed by atoms with van der Waals surface area (Å²) in [5, 5.41) is 0.245. The van der Waals surface area contributed by atoms with Crippen LogP contribution in [0.2, 0.25) is 5.02 Å². The molecule has 0 bridgehead atoms. The zero-order valence-corrected chi connectivity index (χ0v) is 16.7. The van der Waals surface area contributed by atoms with Gasteiger partial charge in [-0.15, -0.1) is 0 Å². The lowest BCUT2D eigenvalue weighted by molar-refractivity contribution is 0.0746. The molecule has 2 heterocycles. The molecular formula is C18H21ClN4O3S. The number of anilines is 1. The highest BCUT2D eigenvalue weighted by molar-refractivity contribution is 7.89. The second kappa shape index (κ2) is 7.84. The molecule has 0 atom stereocenters. The van der Waals surface area contributed by atoms with E-state index in [1.54, 1.807) is 17.3 Å². The van der Waals surface area contributed by atoms with Crippen LogP contribution in [-0.2, 0) is 10.0 Å². The van der Waals surface area contributed by atoms with E-state index in [4.69, 9.17) is 11.6 Å². The average molecular weight is 409 g/mol. The summed E-state index contributed by atoms with van der Waals surface area (Å²) >= 11 is 6.19. The smallest absolute Gasteiger partial charge is 0.255 e. The summed E-state index contributed by atoms with van der Waals surface area (Å²) in [5.74, 6) is -0.259. The number of hydrogen-bond donors (Lipinski definition) is 0. The molecule has 7 nitrogen and oxygen atoms in total. The van der Waals surface area contributed by atoms with Crippen LogP contribution in [0.25, 0.3) is 0 Å². The quantitative estimate of drug-likeness (QED) is 0.773. The summed E-state index contributed by atoms with van der Waals surface area (Å²) < 4.78 is 25.8. The largest absolute Gasteiger partial charge is 0.368 e. The van der Waals surface area contributed by atoms with Crippen LogP contribution >= 0.6 is 11.6 Å². The monoisotopic (exact) mass is 408 g/mol. The Balaban J connectivity index is 1.77. The fourth-order valence-electron chi connectivity index (χ4n) is 2.93. The third-order valence-corrected chi connectivity index (χ3v) is 6.68. The Morgan fingerprint density at radius 2 is 1.70 bits per heavy atom. The number of piperazine rings is 1. The average Bonchev–Trinajstić information content (AvgIpc) is 2.68. The van der Waals surface area contributed by atoms with Gasteiger partial charge in [-0.1, -0.05) is 11.6 Å². The lowest BCUT2D eigenvalue weighted by Gasteiger charge is -2.36. The molecule has 144 valence electrons. The van der Waals surface area contributed by atoms with Crippen molar-refractivity contribution in [2.45, 2.75) is 4.90 Å². The van der Waals surface area contributed by atoms with E-state index in [0.29, 0.717) is 26.2 Å². The van der Waals surface area contributed by atoms with Crippen LogP contribution in [0.15, 0.2) is 47.6 Å². The number of sulfonamides is 1. The van der Waals surface area contributed by atoms with Crippen LogP contribution in [0, 0.1) is 0 Å². The molecule has 2 aromatic rings. The van der Waals surface area contributed by atoms with Gasteiger partial charge in [0.05, 0.1) is 15.5 Å². The molecule has 0 saturated carbocycles. The molecule has 9 heteroatoms. The SMILES string of the molecule is CN(C)S(=O)(=O)c1ccc(Cl)c(C(=O)N2CCN(c3ccncc3)CC2)c1. The fourth-order valence-corrected chi connectivity index (χ4v) is 4.06. The molecule has 1 fully saturated rings. The van der Waals surface area contributed by atoms with Crippen LogP contribution in [0.1, 0.15) is 10.4 Å². The van der Waals surface area contributed by atoms with E-state index in [-0.39, 0.29) is 21.4 Å². The van der Waals surface area contributed by atoms with Crippen molar-refractivity contribution in [3.63, 3.8) is 0 Å². The Bertz CT molecular complexity index is 927. The van der Waals surface area contributed by atoms with Gasteiger partial charge in [0.2, 0.25) is 10.0 Å². The van der Waals surface area contributed by atoms with Gasteiger partial charge >= 0.3 is 0 Å². The third kappa shape index (κ3) is 4.07. The summed E-state index contributed by atoms with van der Waals surface area (Å²) in [7, 11) is -0.739.